The SMILES string of the molecule is CC(C)(CN1CCCCCC1)NC(=O)c1cccc(Cl)c1. The minimum absolute atomic E-state index is 0.0580. The summed E-state index contributed by atoms with van der Waals surface area (Å²) in [4.78, 5) is 14.8. The smallest absolute Gasteiger partial charge is 0.251 e. The molecule has 1 aromatic carbocycles. The van der Waals surface area contributed by atoms with Gasteiger partial charge < -0.3 is 10.2 Å². The fraction of sp³-hybridized carbons (Fsp3) is 0.588. The molecule has 0 saturated carbocycles. The molecule has 0 aromatic heterocycles. The Morgan fingerprint density at radius 2 is 1.90 bits per heavy atom. The molecule has 0 atom stereocenters. The molecule has 1 heterocycles. The van der Waals surface area contributed by atoms with Crippen LogP contribution >= 0.6 is 11.6 Å². The summed E-state index contributed by atoms with van der Waals surface area (Å²) in [5.74, 6) is -0.0580. The van der Waals surface area contributed by atoms with Crippen molar-refractivity contribution in [3.63, 3.8) is 0 Å². The molecular formula is C17H25ClN2O. The number of rotatable bonds is 4. The number of amides is 1. The van der Waals surface area contributed by atoms with Gasteiger partial charge in [-0.15, -0.1) is 0 Å². The van der Waals surface area contributed by atoms with Crippen LogP contribution in [0, 0.1) is 0 Å². The van der Waals surface area contributed by atoms with Gasteiger partial charge in [-0.25, -0.2) is 0 Å². The number of likely N-dealkylation sites (tertiary alicyclic amines) is 1. The van der Waals surface area contributed by atoms with Gasteiger partial charge in [-0.05, 0) is 58.0 Å². The lowest BCUT2D eigenvalue weighted by Crippen LogP contribution is -2.51. The van der Waals surface area contributed by atoms with E-state index in [9.17, 15) is 4.79 Å². The van der Waals surface area contributed by atoms with Crippen LogP contribution < -0.4 is 5.32 Å². The topological polar surface area (TPSA) is 32.3 Å². The fourth-order valence-corrected chi connectivity index (χ4v) is 3.09. The van der Waals surface area contributed by atoms with E-state index in [1.165, 1.54) is 25.7 Å². The molecule has 2 rings (SSSR count). The summed E-state index contributed by atoms with van der Waals surface area (Å²) in [6.45, 7) is 7.33. The van der Waals surface area contributed by atoms with Crippen LogP contribution in [0.5, 0.6) is 0 Å². The van der Waals surface area contributed by atoms with Gasteiger partial charge in [0.15, 0.2) is 0 Å². The van der Waals surface area contributed by atoms with Crippen LogP contribution in [-0.2, 0) is 0 Å². The van der Waals surface area contributed by atoms with Crippen molar-refractivity contribution in [1.82, 2.24) is 10.2 Å². The van der Waals surface area contributed by atoms with Crippen LogP contribution in [0.25, 0.3) is 0 Å². The minimum Gasteiger partial charge on any atom is -0.346 e. The van der Waals surface area contributed by atoms with E-state index in [4.69, 9.17) is 11.6 Å². The van der Waals surface area contributed by atoms with E-state index in [1.807, 2.05) is 0 Å². The third kappa shape index (κ3) is 5.33. The number of hydrogen-bond donors (Lipinski definition) is 1. The molecular weight excluding hydrogens is 284 g/mol. The zero-order valence-electron chi connectivity index (χ0n) is 13.0. The van der Waals surface area contributed by atoms with Crippen molar-refractivity contribution in [3.8, 4) is 0 Å². The minimum atomic E-state index is -0.246. The first-order chi connectivity index (χ1) is 9.96. The maximum absolute atomic E-state index is 12.3. The Labute approximate surface area is 132 Å². The summed E-state index contributed by atoms with van der Waals surface area (Å²) >= 11 is 5.95. The highest BCUT2D eigenvalue weighted by Gasteiger charge is 2.24. The number of hydrogen-bond acceptors (Lipinski definition) is 2. The van der Waals surface area contributed by atoms with Crippen molar-refractivity contribution in [3.05, 3.63) is 34.9 Å². The fourth-order valence-electron chi connectivity index (χ4n) is 2.90. The molecule has 0 aliphatic carbocycles. The maximum Gasteiger partial charge on any atom is 0.251 e. The van der Waals surface area contributed by atoms with Gasteiger partial charge in [0.2, 0.25) is 0 Å². The predicted octanol–water partition coefficient (Wildman–Crippen LogP) is 3.72. The van der Waals surface area contributed by atoms with Gasteiger partial charge in [0.25, 0.3) is 5.91 Å². The van der Waals surface area contributed by atoms with Gasteiger partial charge >= 0.3 is 0 Å². The molecule has 3 nitrogen and oxygen atoms in total. The molecule has 1 aromatic rings. The summed E-state index contributed by atoms with van der Waals surface area (Å²) in [6, 6.07) is 7.09. The normalized spacial score (nSPS) is 17.3. The molecule has 1 aliphatic heterocycles. The molecule has 1 amide bonds. The van der Waals surface area contributed by atoms with Gasteiger partial charge in [0.1, 0.15) is 0 Å². The number of carbonyl (C=O) groups is 1. The van der Waals surface area contributed by atoms with E-state index < -0.39 is 0 Å². The second kappa shape index (κ2) is 7.28. The van der Waals surface area contributed by atoms with Crippen LogP contribution in [0.1, 0.15) is 49.9 Å². The lowest BCUT2D eigenvalue weighted by molar-refractivity contribution is 0.0888. The van der Waals surface area contributed by atoms with Crippen molar-refractivity contribution < 1.29 is 4.79 Å². The molecule has 1 aliphatic rings. The summed E-state index contributed by atoms with van der Waals surface area (Å²) < 4.78 is 0. The van der Waals surface area contributed by atoms with Gasteiger partial charge in [-0.3, -0.25) is 4.79 Å². The molecule has 4 heteroatoms. The first kappa shape index (κ1) is 16.3. The lowest BCUT2D eigenvalue weighted by atomic mass is 10.0. The van der Waals surface area contributed by atoms with Gasteiger partial charge in [0, 0.05) is 22.7 Å². The van der Waals surface area contributed by atoms with Crippen LogP contribution in [0.3, 0.4) is 0 Å². The predicted molar refractivity (Wildman–Crippen MR) is 87.9 cm³/mol. The molecule has 21 heavy (non-hydrogen) atoms. The van der Waals surface area contributed by atoms with Crippen molar-refractivity contribution in [2.45, 2.75) is 45.1 Å². The Hall–Kier alpha value is -1.06. The van der Waals surface area contributed by atoms with Gasteiger partial charge in [-0.1, -0.05) is 30.5 Å². The summed E-state index contributed by atoms with van der Waals surface area (Å²) in [5, 5.41) is 3.72. The third-order valence-electron chi connectivity index (χ3n) is 3.86. The molecule has 116 valence electrons. The second-order valence-corrected chi connectivity index (χ2v) is 6.98. The average molecular weight is 309 g/mol. The highest BCUT2D eigenvalue weighted by atomic mass is 35.5. The van der Waals surface area contributed by atoms with E-state index in [2.05, 4.69) is 24.1 Å². The molecule has 0 unspecified atom stereocenters. The van der Waals surface area contributed by atoms with E-state index in [0.29, 0.717) is 10.6 Å². The van der Waals surface area contributed by atoms with Crippen LogP contribution in [-0.4, -0.2) is 36.0 Å². The number of nitrogens with zero attached hydrogens (tertiary/aromatic N) is 1. The highest BCUT2D eigenvalue weighted by molar-refractivity contribution is 6.30. The Balaban J connectivity index is 1.94. The zero-order chi connectivity index (χ0) is 15.3. The molecule has 1 saturated heterocycles. The standard InChI is InChI=1S/C17H25ClN2O/c1-17(2,13-20-10-5-3-4-6-11-20)19-16(21)14-8-7-9-15(18)12-14/h7-9,12H,3-6,10-11,13H2,1-2H3,(H,19,21). The lowest BCUT2D eigenvalue weighted by Gasteiger charge is -2.33. The number of benzene rings is 1. The van der Waals surface area contributed by atoms with E-state index in [1.54, 1.807) is 24.3 Å². The van der Waals surface area contributed by atoms with E-state index >= 15 is 0 Å². The van der Waals surface area contributed by atoms with Gasteiger partial charge in [-0.2, -0.15) is 0 Å². The van der Waals surface area contributed by atoms with E-state index in [-0.39, 0.29) is 11.4 Å². The van der Waals surface area contributed by atoms with Crippen LogP contribution in [0.2, 0.25) is 5.02 Å². The summed E-state index contributed by atoms with van der Waals surface area (Å²) in [5.41, 5.74) is 0.371. The maximum atomic E-state index is 12.3. The van der Waals surface area contributed by atoms with Crippen molar-refractivity contribution in [2.75, 3.05) is 19.6 Å². The van der Waals surface area contributed by atoms with Crippen molar-refractivity contribution >= 4 is 17.5 Å². The molecule has 0 bridgehead atoms. The monoisotopic (exact) mass is 308 g/mol. The molecule has 0 radical (unpaired) electrons. The quantitative estimate of drug-likeness (QED) is 0.919. The number of carbonyl (C=O) groups excluding carboxylic acids is 1. The zero-order valence-corrected chi connectivity index (χ0v) is 13.7. The summed E-state index contributed by atoms with van der Waals surface area (Å²) in [6.07, 6.45) is 5.17. The Kier molecular flexibility index (Phi) is 5.65. The second-order valence-electron chi connectivity index (χ2n) is 6.54. The van der Waals surface area contributed by atoms with Crippen molar-refractivity contribution in [2.24, 2.45) is 0 Å². The number of nitrogens with one attached hydrogen (secondary N) is 1. The third-order valence-corrected chi connectivity index (χ3v) is 4.09. The van der Waals surface area contributed by atoms with Gasteiger partial charge in [0.05, 0.1) is 0 Å². The Bertz CT molecular complexity index is 479. The van der Waals surface area contributed by atoms with Crippen molar-refractivity contribution in [1.29, 1.82) is 0 Å². The Morgan fingerprint density at radius 1 is 1.24 bits per heavy atom. The van der Waals surface area contributed by atoms with Crippen LogP contribution in [0.15, 0.2) is 24.3 Å². The molecule has 0 spiro atoms. The first-order valence-corrected chi connectivity index (χ1v) is 8.14. The summed E-state index contributed by atoms with van der Waals surface area (Å²) in [7, 11) is 0. The largest absolute Gasteiger partial charge is 0.346 e. The Morgan fingerprint density at radius 3 is 2.52 bits per heavy atom. The average Bonchev–Trinajstić information content (AvgIpc) is 2.66. The molecule has 1 fully saturated rings. The molecule has 1 N–H and O–H groups in total. The first-order valence-electron chi connectivity index (χ1n) is 7.77. The van der Waals surface area contributed by atoms with Crippen LogP contribution in [0.4, 0.5) is 0 Å². The number of halogens is 1. The highest BCUT2D eigenvalue weighted by Crippen LogP contribution is 2.15. The van der Waals surface area contributed by atoms with E-state index in [0.717, 1.165) is 19.6 Å².